The summed E-state index contributed by atoms with van der Waals surface area (Å²) in [5.41, 5.74) is -2.76. The number of rotatable bonds is 9. The summed E-state index contributed by atoms with van der Waals surface area (Å²) in [5.74, 6) is -2.35. The zero-order chi connectivity index (χ0) is 44.7. The zero-order valence-electron chi connectivity index (χ0n) is 33.2. The average molecular weight is 988 g/mol. The first-order chi connectivity index (χ1) is 27.4. The number of benzene rings is 4. The van der Waals surface area contributed by atoms with Gasteiger partial charge in [-0.3, -0.25) is 0 Å². The summed E-state index contributed by atoms with van der Waals surface area (Å²) in [6.45, 7) is 11.8. The molecule has 2 aliphatic rings. The predicted octanol–water partition coefficient (Wildman–Crippen LogP) is 16.7. The third kappa shape index (κ3) is 8.61. The van der Waals surface area contributed by atoms with Crippen LogP contribution in [0.4, 0.5) is 52.7 Å². The van der Waals surface area contributed by atoms with E-state index in [4.69, 9.17) is 17.0 Å². The van der Waals surface area contributed by atoms with Gasteiger partial charge in [-0.25, -0.2) is 0 Å². The molecule has 4 aromatic rings. The van der Waals surface area contributed by atoms with E-state index in [2.05, 4.69) is 0 Å². The molecule has 0 radical (unpaired) electrons. The molecule has 0 aliphatic heterocycles. The molecule has 0 saturated heterocycles. The van der Waals surface area contributed by atoms with Gasteiger partial charge in [-0.05, 0) is 0 Å². The molecule has 6 rings (SSSR count). The van der Waals surface area contributed by atoms with Crippen molar-refractivity contribution in [2.75, 3.05) is 0 Å². The van der Waals surface area contributed by atoms with Crippen LogP contribution in [-0.4, -0.2) is 5.92 Å². The predicted molar refractivity (Wildman–Crippen MR) is 215 cm³/mol. The van der Waals surface area contributed by atoms with Gasteiger partial charge in [-0.15, -0.1) is 0 Å². The van der Waals surface area contributed by atoms with E-state index in [1.807, 2.05) is 40.8 Å². The molecule has 0 nitrogen and oxygen atoms in total. The van der Waals surface area contributed by atoms with Crippen molar-refractivity contribution >= 4 is 35.1 Å². The molecule has 0 spiro atoms. The molecule has 60 heavy (non-hydrogen) atoms. The summed E-state index contributed by atoms with van der Waals surface area (Å²) in [4.78, 5) is 0. The monoisotopic (exact) mass is 985 g/mol. The minimum atomic E-state index is -5.78. The van der Waals surface area contributed by atoms with Crippen LogP contribution in [0.5, 0.6) is 0 Å². The van der Waals surface area contributed by atoms with E-state index >= 15 is 0 Å². The third-order valence-corrected chi connectivity index (χ3v) is 63.4. The minimum absolute atomic E-state index is 0.0000234. The van der Waals surface area contributed by atoms with Gasteiger partial charge in [0.05, 0.1) is 0 Å². The summed E-state index contributed by atoms with van der Waals surface area (Å²) < 4.78 is 168. The number of halogens is 14. The Morgan fingerprint density at radius 1 is 0.517 bits per heavy atom. The van der Waals surface area contributed by atoms with Crippen molar-refractivity contribution in [2.24, 2.45) is 11.8 Å². The summed E-state index contributed by atoms with van der Waals surface area (Å²) in [6.07, 6.45) is -15.9. The topological polar surface area (TPSA) is 0 Å². The first kappa shape index (κ1) is 46.7. The van der Waals surface area contributed by atoms with Crippen molar-refractivity contribution < 1.29 is 68.2 Å². The molecule has 0 amide bonds. The number of hydrogen-bond acceptors (Lipinski definition) is 0. The summed E-state index contributed by atoms with van der Waals surface area (Å²) in [5, 5.41) is 0. The van der Waals surface area contributed by atoms with Crippen LogP contribution in [0.3, 0.4) is 0 Å². The Hall–Kier alpha value is -2.80. The molecular weight excluding hydrogens is 947 g/mol. The van der Waals surface area contributed by atoms with Crippen LogP contribution in [0.15, 0.2) is 83.9 Å². The van der Waals surface area contributed by atoms with Crippen molar-refractivity contribution in [1.82, 2.24) is 0 Å². The first-order valence-corrected chi connectivity index (χ1v) is 35.6. The van der Waals surface area contributed by atoms with Crippen molar-refractivity contribution in [1.29, 1.82) is 0 Å². The molecule has 0 heterocycles. The van der Waals surface area contributed by atoms with E-state index in [9.17, 15) is 52.7 Å². The Labute approximate surface area is 349 Å². The quantitative estimate of drug-likeness (QED) is 0.116. The second-order valence-corrected chi connectivity index (χ2v) is 59.6. The van der Waals surface area contributed by atoms with Crippen molar-refractivity contribution in [2.45, 2.75) is 85.6 Å². The second kappa shape index (κ2) is 15.8. The van der Waals surface area contributed by atoms with Crippen LogP contribution >= 0.6 is 17.0 Å². The fourth-order valence-corrected chi connectivity index (χ4v) is 40.5. The third-order valence-electron chi connectivity index (χ3n) is 11.6. The van der Waals surface area contributed by atoms with E-state index in [0.29, 0.717) is 59.4 Å². The molecule has 2 aliphatic carbocycles. The average Bonchev–Trinajstić information content (AvgIpc) is 3.68. The standard InChI is InChI=1S/2C21H17F6.C2H7Si.2ClH.Zr/c2*1-12(2)6-13-7-14-4-3-5-18(19(14)8-13)15-9-16(20(22,23)24)11-17(10-15)21(25,26)27;1-3-2;;;/h2*3-5,7-12H,6H2,1-2H3;3H,1-2H3;2*1H;/q;;;;;+2/p-2. The van der Waals surface area contributed by atoms with Gasteiger partial charge >= 0.3 is 351 Å². The summed E-state index contributed by atoms with van der Waals surface area (Å²) in [6, 6.07) is 12.5. The molecule has 4 aromatic carbocycles. The summed E-state index contributed by atoms with van der Waals surface area (Å²) >= 11 is -5.78. The Morgan fingerprint density at radius 2 is 0.817 bits per heavy atom. The normalized spacial score (nSPS) is 18.1. The van der Waals surface area contributed by atoms with Crippen LogP contribution in [0, 0.1) is 11.8 Å². The van der Waals surface area contributed by atoms with Gasteiger partial charge in [0, 0.05) is 0 Å². The van der Waals surface area contributed by atoms with Crippen LogP contribution in [0.2, 0.25) is 13.1 Å². The van der Waals surface area contributed by atoms with E-state index < -0.39 is 75.7 Å². The van der Waals surface area contributed by atoms with Crippen LogP contribution in [0.25, 0.3) is 34.4 Å². The van der Waals surface area contributed by atoms with Crippen LogP contribution in [0.1, 0.15) is 92.3 Å². The Bertz CT molecular complexity index is 2160. The van der Waals surface area contributed by atoms with Crippen LogP contribution < -0.4 is 0 Å². The Morgan fingerprint density at radius 3 is 1.07 bits per heavy atom. The van der Waals surface area contributed by atoms with E-state index in [1.165, 1.54) is 12.1 Å². The van der Waals surface area contributed by atoms with Crippen LogP contribution in [-0.2, 0) is 40.3 Å². The van der Waals surface area contributed by atoms with Gasteiger partial charge in [0.1, 0.15) is 0 Å². The molecule has 0 N–H and O–H groups in total. The fraction of sp³-hybridized carbons (Fsp3) is 0.364. The maximum atomic E-state index is 14.1. The first-order valence-electron chi connectivity index (χ1n) is 19.3. The molecule has 0 aromatic heterocycles. The van der Waals surface area contributed by atoms with Gasteiger partial charge < -0.3 is 0 Å². The number of fused-ring (bicyclic) bond motifs is 2. The summed E-state index contributed by atoms with van der Waals surface area (Å²) in [7, 11) is 16.9. The molecular formula is C44H41Cl2F12SiZr. The van der Waals surface area contributed by atoms with Gasteiger partial charge in [0.2, 0.25) is 0 Å². The molecule has 0 bridgehead atoms. The van der Waals surface area contributed by atoms with E-state index in [0.717, 1.165) is 11.1 Å². The molecule has 16 heteroatoms. The maximum absolute atomic E-state index is 14.1. The van der Waals surface area contributed by atoms with Crippen molar-refractivity contribution in [3.8, 4) is 22.3 Å². The number of allylic oxidation sites excluding steroid dienone is 2. The zero-order valence-corrected chi connectivity index (χ0v) is 38.3. The van der Waals surface area contributed by atoms with Gasteiger partial charge in [-0.2, -0.15) is 0 Å². The van der Waals surface area contributed by atoms with Gasteiger partial charge in [0.15, 0.2) is 0 Å². The SMILES string of the molecule is CC(C)CC1=Cc2c(-c3cc(C(F)(F)F)cc(C(F)(F)F)c3)cccc2[CH]1[Zr]([Cl])([Cl])([CH]1C(CC(C)C)=Cc2c(-c3cc(C(F)(F)F)cc(C(F)(F)F)c3)cccc21)[SiH](C)C. The Kier molecular flexibility index (Phi) is 12.3. The molecule has 323 valence electrons. The Balaban J connectivity index is 1.64. The second-order valence-electron chi connectivity index (χ2n) is 17.1. The molecule has 2 atom stereocenters. The van der Waals surface area contributed by atoms with Crippen molar-refractivity contribution in [3.63, 3.8) is 0 Å². The molecule has 0 fully saturated rings. The number of hydrogen-bond donors (Lipinski definition) is 0. The van der Waals surface area contributed by atoms with Gasteiger partial charge in [0.25, 0.3) is 0 Å². The van der Waals surface area contributed by atoms with Crippen molar-refractivity contribution in [3.05, 3.63) is 128 Å². The number of alkyl halides is 12. The fourth-order valence-electron chi connectivity index (χ4n) is 9.09. The molecule has 0 saturated carbocycles. The van der Waals surface area contributed by atoms with E-state index in [-0.39, 0.29) is 46.2 Å². The van der Waals surface area contributed by atoms with E-state index in [1.54, 1.807) is 36.4 Å². The van der Waals surface area contributed by atoms with Gasteiger partial charge in [-0.1, -0.05) is 0 Å². The molecule has 2 unspecified atom stereocenters.